The number of aryl methyl sites for hydroxylation is 1. The largest absolute Gasteiger partial charge is 0.355 e. The highest BCUT2D eigenvalue weighted by Crippen LogP contribution is 2.19. The molecule has 1 heterocycles. The van der Waals surface area contributed by atoms with E-state index in [2.05, 4.69) is 20.4 Å². The second-order valence-electron chi connectivity index (χ2n) is 6.02. The minimum Gasteiger partial charge on any atom is -0.355 e. The molecule has 1 aromatic carbocycles. The van der Waals surface area contributed by atoms with Crippen molar-refractivity contribution in [1.29, 1.82) is 0 Å². The minimum atomic E-state index is -0.0490. The normalized spacial score (nSPS) is 16.0. The maximum Gasteiger partial charge on any atom is 0.238 e. The molecular weight excluding hydrogens is 328 g/mol. The fourth-order valence-electron chi connectivity index (χ4n) is 2.64. The molecule has 6 nitrogen and oxygen atoms in total. The first-order valence-corrected chi connectivity index (χ1v) is 8.63. The van der Waals surface area contributed by atoms with E-state index in [1.807, 2.05) is 26.0 Å². The summed E-state index contributed by atoms with van der Waals surface area (Å²) in [7, 11) is 0. The lowest BCUT2D eigenvalue weighted by atomic mass is 10.2. The lowest BCUT2D eigenvalue weighted by Gasteiger charge is -2.33. The molecule has 2 N–H and O–H groups in total. The van der Waals surface area contributed by atoms with Crippen LogP contribution in [-0.4, -0.2) is 67.4 Å². The third-order valence-corrected chi connectivity index (χ3v) is 4.44. The monoisotopic (exact) mass is 352 g/mol. The number of nitrogens with one attached hydrogen (secondary N) is 2. The Kier molecular flexibility index (Phi) is 7.02. The van der Waals surface area contributed by atoms with Crippen LogP contribution in [0.5, 0.6) is 0 Å². The van der Waals surface area contributed by atoms with Crippen LogP contribution in [0.25, 0.3) is 0 Å². The number of rotatable bonds is 6. The van der Waals surface area contributed by atoms with Crippen LogP contribution in [0.15, 0.2) is 18.2 Å². The molecular formula is C17H25ClN4O2. The van der Waals surface area contributed by atoms with Crippen molar-refractivity contribution in [1.82, 2.24) is 15.1 Å². The van der Waals surface area contributed by atoms with Gasteiger partial charge in [0.2, 0.25) is 11.8 Å². The van der Waals surface area contributed by atoms with E-state index in [0.717, 1.165) is 31.7 Å². The van der Waals surface area contributed by atoms with Gasteiger partial charge >= 0.3 is 0 Å². The SMILES string of the molecule is CCNC(=O)CN1CCN(CC(=O)Nc2ccc(C)c(Cl)c2)CC1. The van der Waals surface area contributed by atoms with E-state index in [1.165, 1.54) is 0 Å². The van der Waals surface area contributed by atoms with Crippen LogP contribution in [0, 0.1) is 6.92 Å². The molecule has 2 rings (SSSR count). The van der Waals surface area contributed by atoms with E-state index < -0.39 is 0 Å². The number of likely N-dealkylation sites (N-methyl/N-ethyl adjacent to an activating group) is 1. The third-order valence-electron chi connectivity index (χ3n) is 4.03. The van der Waals surface area contributed by atoms with Crippen molar-refractivity contribution >= 4 is 29.1 Å². The first-order chi connectivity index (χ1) is 11.5. The molecule has 1 aliphatic heterocycles. The molecule has 1 fully saturated rings. The van der Waals surface area contributed by atoms with E-state index in [9.17, 15) is 9.59 Å². The van der Waals surface area contributed by atoms with Gasteiger partial charge in [-0.05, 0) is 31.5 Å². The molecule has 0 aliphatic carbocycles. The Morgan fingerprint density at radius 2 is 1.67 bits per heavy atom. The number of hydrogen-bond acceptors (Lipinski definition) is 4. The number of anilines is 1. The highest BCUT2D eigenvalue weighted by molar-refractivity contribution is 6.31. The molecule has 1 aliphatic rings. The predicted octanol–water partition coefficient (Wildman–Crippen LogP) is 1.34. The molecule has 132 valence electrons. The molecule has 24 heavy (non-hydrogen) atoms. The molecule has 0 unspecified atom stereocenters. The van der Waals surface area contributed by atoms with Crippen molar-refractivity contribution in [2.75, 3.05) is 51.1 Å². The Morgan fingerprint density at radius 3 is 2.21 bits per heavy atom. The molecule has 2 amide bonds. The maximum absolute atomic E-state index is 12.1. The number of nitrogens with zero attached hydrogens (tertiary/aromatic N) is 2. The van der Waals surface area contributed by atoms with Gasteiger partial charge in [0.05, 0.1) is 13.1 Å². The zero-order chi connectivity index (χ0) is 17.5. The number of carbonyl (C=O) groups is 2. The Balaban J connectivity index is 1.74. The number of hydrogen-bond donors (Lipinski definition) is 2. The van der Waals surface area contributed by atoms with Crippen molar-refractivity contribution in [3.63, 3.8) is 0 Å². The van der Waals surface area contributed by atoms with Crippen molar-refractivity contribution in [3.8, 4) is 0 Å². The number of piperazine rings is 1. The van der Waals surface area contributed by atoms with Crippen molar-refractivity contribution in [2.45, 2.75) is 13.8 Å². The van der Waals surface area contributed by atoms with E-state index in [-0.39, 0.29) is 11.8 Å². The molecule has 7 heteroatoms. The van der Waals surface area contributed by atoms with E-state index in [4.69, 9.17) is 11.6 Å². The highest BCUT2D eigenvalue weighted by atomic mass is 35.5. The van der Waals surface area contributed by atoms with Crippen molar-refractivity contribution < 1.29 is 9.59 Å². The summed E-state index contributed by atoms with van der Waals surface area (Å²) in [6, 6.07) is 5.50. The zero-order valence-electron chi connectivity index (χ0n) is 14.3. The summed E-state index contributed by atoms with van der Waals surface area (Å²) < 4.78 is 0. The Labute approximate surface area is 148 Å². The van der Waals surface area contributed by atoms with Gasteiger partial charge in [-0.1, -0.05) is 17.7 Å². The van der Waals surface area contributed by atoms with Gasteiger partial charge in [0, 0.05) is 43.4 Å². The number of carbonyl (C=O) groups excluding carboxylic acids is 2. The average molecular weight is 353 g/mol. The summed E-state index contributed by atoms with van der Waals surface area (Å²) in [6.07, 6.45) is 0. The Hall–Kier alpha value is -1.63. The summed E-state index contributed by atoms with van der Waals surface area (Å²) in [5.74, 6) is 0.00652. The molecule has 1 aromatic rings. The smallest absolute Gasteiger partial charge is 0.238 e. The van der Waals surface area contributed by atoms with Gasteiger partial charge in [0.15, 0.2) is 0 Å². The quantitative estimate of drug-likeness (QED) is 0.811. The third kappa shape index (κ3) is 5.78. The lowest BCUT2D eigenvalue weighted by Crippen LogP contribution is -2.51. The second kappa shape index (κ2) is 9.01. The van der Waals surface area contributed by atoms with Gasteiger partial charge in [0.25, 0.3) is 0 Å². The van der Waals surface area contributed by atoms with Crippen LogP contribution in [0.4, 0.5) is 5.69 Å². The molecule has 0 spiro atoms. The molecule has 0 radical (unpaired) electrons. The summed E-state index contributed by atoms with van der Waals surface area (Å²) in [5, 5.41) is 6.32. The van der Waals surface area contributed by atoms with E-state index >= 15 is 0 Å². The number of amides is 2. The second-order valence-corrected chi connectivity index (χ2v) is 6.43. The number of benzene rings is 1. The lowest BCUT2D eigenvalue weighted by molar-refractivity contribution is -0.123. The summed E-state index contributed by atoms with van der Waals surface area (Å²) in [6.45, 7) is 8.41. The molecule has 0 bridgehead atoms. The molecule has 0 saturated carbocycles. The molecule has 0 aromatic heterocycles. The number of halogens is 1. The van der Waals surface area contributed by atoms with E-state index in [0.29, 0.717) is 30.3 Å². The van der Waals surface area contributed by atoms with Gasteiger partial charge in [-0.15, -0.1) is 0 Å². The van der Waals surface area contributed by atoms with E-state index in [1.54, 1.807) is 6.07 Å². The summed E-state index contributed by atoms with van der Waals surface area (Å²) in [5.41, 5.74) is 1.70. The average Bonchev–Trinajstić information content (AvgIpc) is 2.53. The fraction of sp³-hybridized carbons (Fsp3) is 0.529. The Morgan fingerprint density at radius 1 is 1.08 bits per heavy atom. The van der Waals surface area contributed by atoms with Gasteiger partial charge in [-0.2, -0.15) is 0 Å². The van der Waals surface area contributed by atoms with Crippen LogP contribution in [0.1, 0.15) is 12.5 Å². The molecule has 1 saturated heterocycles. The van der Waals surface area contributed by atoms with Gasteiger partial charge in [-0.25, -0.2) is 0 Å². The standard InChI is InChI=1S/C17H25ClN4O2/c1-3-19-16(23)11-21-6-8-22(9-7-21)12-17(24)20-14-5-4-13(2)15(18)10-14/h4-5,10H,3,6-9,11-12H2,1-2H3,(H,19,23)(H,20,24). The maximum atomic E-state index is 12.1. The first-order valence-electron chi connectivity index (χ1n) is 8.25. The van der Waals surface area contributed by atoms with Crippen LogP contribution < -0.4 is 10.6 Å². The van der Waals surface area contributed by atoms with Crippen LogP contribution in [-0.2, 0) is 9.59 Å². The summed E-state index contributed by atoms with van der Waals surface area (Å²) in [4.78, 5) is 27.9. The Bertz CT molecular complexity index is 586. The van der Waals surface area contributed by atoms with Gasteiger partial charge < -0.3 is 10.6 Å². The van der Waals surface area contributed by atoms with Crippen molar-refractivity contribution in [2.24, 2.45) is 0 Å². The summed E-state index contributed by atoms with van der Waals surface area (Å²) >= 11 is 6.07. The first kappa shape index (κ1) is 18.7. The topological polar surface area (TPSA) is 64.7 Å². The zero-order valence-corrected chi connectivity index (χ0v) is 15.0. The van der Waals surface area contributed by atoms with Crippen LogP contribution >= 0.6 is 11.6 Å². The predicted molar refractivity (Wildman–Crippen MR) is 96.4 cm³/mol. The highest BCUT2D eigenvalue weighted by Gasteiger charge is 2.20. The fourth-order valence-corrected chi connectivity index (χ4v) is 2.82. The van der Waals surface area contributed by atoms with Crippen LogP contribution in [0.3, 0.4) is 0 Å². The van der Waals surface area contributed by atoms with Gasteiger partial charge in [0.1, 0.15) is 0 Å². The van der Waals surface area contributed by atoms with Crippen molar-refractivity contribution in [3.05, 3.63) is 28.8 Å². The van der Waals surface area contributed by atoms with Gasteiger partial charge in [-0.3, -0.25) is 19.4 Å². The van der Waals surface area contributed by atoms with Crippen LogP contribution in [0.2, 0.25) is 5.02 Å². The molecule has 0 atom stereocenters. The minimum absolute atomic E-state index is 0.0490.